The van der Waals surface area contributed by atoms with Crippen molar-refractivity contribution in [1.29, 1.82) is 0 Å². The number of hydrogen-bond acceptors (Lipinski definition) is 6. The van der Waals surface area contributed by atoms with Crippen LogP contribution < -0.4 is 15.8 Å². The topological polar surface area (TPSA) is 97.1 Å². The average molecular weight is 509 g/mol. The van der Waals surface area contributed by atoms with E-state index in [1.165, 1.54) is 11.1 Å². The Morgan fingerprint density at radius 2 is 2.00 bits per heavy atom. The Bertz CT molecular complexity index is 1040. The molecule has 2 fully saturated rings. The van der Waals surface area contributed by atoms with Crippen LogP contribution in [0.2, 0.25) is 0 Å². The average Bonchev–Trinajstić information content (AvgIpc) is 3.45. The molecule has 2 aromatic carbocycles. The van der Waals surface area contributed by atoms with Gasteiger partial charge < -0.3 is 25.4 Å². The molecule has 0 bridgehead atoms. The van der Waals surface area contributed by atoms with Crippen LogP contribution in [0.3, 0.4) is 0 Å². The number of amides is 2. The molecular formula is C29H40N4O4. The summed E-state index contributed by atoms with van der Waals surface area (Å²) in [5.41, 5.74) is 8.65. The first-order chi connectivity index (χ1) is 18.0. The molecule has 2 saturated heterocycles. The van der Waals surface area contributed by atoms with Crippen LogP contribution in [0.4, 0.5) is 0 Å². The molecule has 0 spiro atoms. The zero-order chi connectivity index (χ0) is 26.2. The van der Waals surface area contributed by atoms with E-state index in [0.29, 0.717) is 37.4 Å². The number of nitrogens with zero attached hydrogens (tertiary/aromatic N) is 2. The van der Waals surface area contributed by atoms with Gasteiger partial charge in [0.2, 0.25) is 5.91 Å². The van der Waals surface area contributed by atoms with Crippen LogP contribution in [0, 0.1) is 6.92 Å². The Morgan fingerprint density at radius 1 is 1.19 bits per heavy atom. The van der Waals surface area contributed by atoms with Crippen LogP contribution in [0.5, 0.6) is 5.75 Å². The minimum absolute atomic E-state index is 0.147. The number of carbonyl (C=O) groups excluding carboxylic acids is 2. The van der Waals surface area contributed by atoms with Gasteiger partial charge >= 0.3 is 0 Å². The standard InChI is InChI=1S/C29H40N4O4/c1-21-8-10-22(11-9-21)19-32(20-26-7-4-16-37-26)24-12-15-33(27(18-24)28(34)31-14-13-30)29(35)23-5-3-6-25(17-23)36-2/h3,5-6,8-11,17,24,26-27H,4,7,12-16,18-20,30H2,1-2H3,(H,31,34)/t24?,26?,27-/m1/s1. The Labute approximate surface area is 220 Å². The number of piperidine rings is 1. The van der Waals surface area contributed by atoms with Crippen molar-refractivity contribution in [3.05, 3.63) is 65.2 Å². The van der Waals surface area contributed by atoms with Gasteiger partial charge in [-0.2, -0.15) is 0 Å². The number of hydrogen-bond donors (Lipinski definition) is 2. The maximum atomic E-state index is 13.6. The lowest BCUT2D eigenvalue weighted by Gasteiger charge is -2.43. The quantitative estimate of drug-likeness (QED) is 0.512. The number of methoxy groups -OCH3 is 1. The van der Waals surface area contributed by atoms with Gasteiger partial charge in [0, 0.05) is 50.9 Å². The minimum atomic E-state index is -0.575. The number of ether oxygens (including phenoxy) is 2. The Balaban J connectivity index is 1.56. The van der Waals surface area contributed by atoms with Crippen molar-refractivity contribution < 1.29 is 19.1 Å². The minimum Gasteiger partial charge on any atom is -0.497 e. The fourth-order valence-electron chi connectivity index (χ4n) is 5.33. The van der Waals surface area contributed by atoms with Gasteiger partial charge in [0.25, 0.3) is 5.91 Å². The van der Waals surface area contributed by atoms with E-state index in [2.05, 4.69) is 41.4 Å². The van der Waals surface area contributed by atoms with Gasteiger partial charge in [-0.1, -0.05) is 35.9 Å². The fraction of sp³-hybridized carbons (Fsp3) is 0.517. The van der Waals surface area contributed by atoms with Gasteiger partial charge in [-0.05, 0) is 56.4 Å². The molecule has 2 amide bonds. The highest BCUT2D eigenvalue weighted by atomic mass is 16.5. The van der Waals surface area contributed by atoms with Crippen molar-refractivity contribution in [2.75, 3.05) is 39.9 Å². The molecule has 2 unspecified atom stereocenters. The summed E-state index contributed by atoms with van der Waals surface area (Å²) in [7, 11) is 1.58. The molecule has 4 rings (SSSR count). The largest absolute Gasteiger partial charge is 0.497 e. The van der Waals surface area contributed by atoms with Gasteiger partial charge in [-0.3, -0.25) is 14.5 Å². The first-order valence-corrected chi connectivity index (χ1v) is 13.3. The molecule has 37 heavy (non-hydrogen) atoms. The molecule has 3 atom stereocenters. The molecule has 0 aliphatic carbocycles. The van der Waals surface area contributed by atoms with E-state index >= 15 is 0 Å². The van der Waals surface area contributed by atoms with Crippen molar-refractivity contribution >= 4 is 11.8 Å². The van der Waals surface area contributed by atoms with E-state index < -0.39 is 6.04 Å². The summed E-state index contributed by atoms with van der Waals surface area (Å²) in [6.07, 6.45) is 3.68. The number of nitrogens with one attached hydrogen (secondary N) is 1. The number of aryl methyl sites for hydroxylation is 1. The van der Waals surface area contributed by atoms with Crippen LogP contribution in [-0.4, -0.2) is 79.7 Å². The molecule has 3 N–H and O–H groups in total. The second kappa shape index (κ2) is 13.0. The summed E-state index contributed by atoms with van der Waals surface area (Å²) < 4.78 is 11.3. The van der Waals surface area contributed by atoms with Crippen molar-refractivity contribution in [3.63, 3.8) is 0 Å². The molecule has 8 nitrogen and oxygen atoms in total. The van der Waals surface area contributed by atoms with E-state index in [1.807, 2.05) is 6.07 Å². The maximum absolute atomic E-state index is 13.6. The summed E-state index contributed by atoms with van der Waals surface area (Å²) in [6, 6.07) is 15.3. The van der Waals surface area contributed by atoms with Gasteiger partial charge in [-0.25, -0.2) is 0 Å². The number of nitrogens with two attached hydrogens (primary N) is 1. The molecule has 2 aliphatic heterocycles. The third kappa shape index (κ3) is 7.09. The smallest absolute Gasteiger partial charge is 0.254 e. The molecule has 0 saturated carbocycles. The molecule has 0 aromatic heterocycles. The van der Waals surface area contributed by atoms with Crippen LogP contribution in [0.15, 0.2) is 48.5 Å². The predicted octanol–water partition coefficient (Wildman–Crippen LogP) is 2.73. The van der Waals surface area contributed by atoms with E-state index in [1.54, 1.807) is 30.2 Å². The molecular weight excluding hydrogens is 468 g/mol. The molecule has 8 heteroatoms. The van der Waals surface area contributed by atoms with Gasteiger partial charge in [0.05, 0.1) is 13.2 Å². The van der Waals surface area contributed by atoms with Crippen molar-refractivity contribution in [2.45, 2.75) is 57.3 Å². The highest BCUT2D eigenvalue weighted by molar-refractivity contribution is 5.98. The summed E-state index contributed by atoms with van der Waals surface area (Å²) >= 11 is 0. The van der Waals surface area contributed by atoms with Crippen LogP contribution >= 0.6 is 0 Å². The van der Waals surface area contributed by atoms with E-state index in [9.17, 15) is 9.59 Å². The van der Waals surface area contributed by atoms with E-state index in [0.717, 1.165) is 39.0 Å². The molecule has 2 heterocycles. The number of likely N-dealkylation sites (tertiary alicyclic amines) is 1. The predicted molar refractivity (Wildman–Crippen MR) is 143 cm³/mol. The third-order valence-corrected chi connectivity index (χ3v) is 7.38. The monoisotopic (exact) mass is 508 g/mol. The second-order valence-electron chi connectivity index (χ2n) is 10.1. The van der Waals surface area contributed by atoms with Gasteiger partial charge in [-0.15, -0.1) is 0 Å². The zero-order valence-electron chi connectivity index (χ0n) is 22.0. The highest BCUT2D eigenvalue weighted by Gasteiger charge is 2.39. The lowest BCUT2D eigenvalue weighted by Crippen LogP contribution is -2.58. The molecule has 2 aromatic rings. The highest BCUT2D eigenvalue weighted by Crippen LogP contribution is 2.28. The number of benzene rings is 2. The van der Waals surface area contributed by atoms with E-state index in [4.69, 9.17) is 15.2 Å². The number of carbonyl (C=O) groups is 2. The zero-order valence-corrected chi connectivity index (χ0v) is 22.0. The first kappa shape index (κ1) is 27.1. The maximum Gasteiger partial charge on any atom is 0.254 e. The van der Waals surface area contributed by atoms with Crippen LogP contribution in [-0.2, 0) is 16.1 Å². The van der Waals surface area contributed by atoms with Gasteiger partial charge in [0.15, 0.2) is 0 Å². The summed E-state index contributed by atoms with van der Waals surface area (Å²) in [5, 5.41) is 2.92. The number of rotatable bonds is 10. The van der Waals surface area contributed by atoms with Crippen molar-refractivity contribution in [3.8, 4) is 5.75 Å². The molecule has 200 valence electrons. The first-order valence-electron chi connectivity index (χ1n) is 13.3. The Hall–Kier alpha value is -2.94. The summed E-state index contributed by atoms with van der Waals surface area (Å²) in [4.78, 5) is 31.0. The normalized spacial score (nSPS) is 21.7. The SMILES string of the molecule is COc1cccc(C(=O)N2CCC(N(Cc3ccc(C)cc3)CC3CCCO3)C[C@@H]2C(=O)NCCN)c1. The Kier molecular flexibility index (Phi) is 9.55. The summed E-state index contributed by atoms with van der Waals surface area (Å²) in [6.45, 7) is 5.73. The van der Waals surface area contributed by atoms with Crippen molar-refractivity contribution in [2.24, 2.45) is 5.73 Å². The molecule has 2 aliphatic rings. The fourth-order valence-corrected chi connectivity index (χ4v) is 5.33. The lowest BCUT2D eigenvalue weighted by molar-refractivity contribution is -0.127. The Morgan fingerprint density at radius 3 is 2.70 bits per heavy atom. The van der Waals surface area contributed by atoms with Crippen LogP contribution in [0.1, 0.15) is 47.2 Å². The lowest BCUT2D eigenvalue weighted by atomic mass is 9.93. The van der Waals surface area contributed by atoms with E-state index in [-0.39, 0.29) is 24.0 Å². The second-order valence-corrected chi connectivity index (χ2v) is 10.1. The van der Waals surface area contributed by atoms with Crippen LogP contribution in [0.25, 0.3) is 0 Å². The summed E-state index contributed by atoms with van der Waals surface area (Å²) in [5.74, 6) is 0.305. The third-order valence-electron chi connectivity index (χ3n) is 7.38. The molecule has 0 radical (unpaired) electrons. The van der Waals surface area contributed by atoms with Gasteiger partial charge in [0.1, 0.15) is 11.8 Å². The van der Waals surface area contributed by atoms with Crippen molar-refractivity contribution in [1.82, 2.24) is 15.1 Å².